The molecule has 0 bridgehead atoms. The third-order valence-corrected chi connectivity index (χ3v) is 4.51. The van der Waals surface area contributed by atoms with Gasteiger partial charge in [-0.3, -0.25) is 10.1 Å². The van der Waals surface area contributed by atoms with E-state index in [0.717, 1.165) is 0 Å². The highest BCUT2D eigenvalue weighted by atomic mass is 32.2. The van der Waals surface area contributed by atoms with E-state index in [0.29, 0.717) is 19.5 Å². The summed E-state index contributed by atoms with van der Waals surface area (Å²) in [6.45, 7) is 0.697. The maximum Gasteiger partial charge on any atom is 0.289 e. The van der Waals surface area contributed by atoms with Crippen molar-refractivity contribution in [1.82, 2.24) is 4.31 Å². The van der Waals surface area contributed by atoms with E-state index in [1.54, 1.807) is 0 Å². The topological polar surface area (TPSA) is 80.5 Å². The Balaban J connectivity index is 2.49. The van der Waals surface area contributed by atoms with E-state index in [4.69, 9.17) is 0 Å². The average Bonchev–Trinajstić information content (AvgIpc) is 2.83. The van der Waals surface area contributed by atoms with Gasteiger partial charge in [0.1, 0.15) is 0 Å². The first-order valence-corrected chi connectivity index (χ1v) is 6.53. The summed E-state index contributed by atoms with van der Waals surface area (Å²) in [4.78, 5) is 9.89. The molecule has 1 saturated heterocycles. The predicted molar refractivity (Wildman–Crippen MR) is 60.8 cm³/mol. The van der Waals surface area contributed by atoms with Gasteiger partial charge in [0.25, 0.3) is 5.69 Å². The maximum absolute atomic E-state index is 12.2. The minimum atomic E-state index is -3.75. The monoisotopic (exact) mass is 255 g/mol. The van der Waals surface area contributed by atoms with Gasteiger partial charge in [0.2, 0.25) is 10.0 Å². The molecule has 0 aromatic heterocycles. The zero-order valence-corrected chi connectivity index (χ0v) is 9.76. The Labute approximate surface area is 99.1 Å². The highest BCUT2D eigenvalue weighted by Crippen LogP contribution is 2.27. The van der Waals surface area contributed by atoms with Crippen LogP contribution in [-0.2, 0) is 10.0 Å². The van der Waals surface area contributed by atoms with Crippen LogP contribution in [0, 0.1) is 16.5 Å². The Morgan fingerprint density at radius 2 is 2.00 bits per heavy atom. The number of para-hydroxylation sites is 1. The molecule has 1 radical (unpaired) electrons. The Kier molecular flexibility index (Phi) is 3.12. The molecule has 1 heterocycles. The van der Waals surface area contributed by atoms with Crippen LogP contribution in [0.25, 0.3) is 0 Å². The largest absolute Gasteiger partial charge is 0.289 e. The van der Waals surface area contributed by atoms with Gasteiger partial charge in [0.15, 0.2) is 4.90 Å². The molecule has 0 N–H and O–H groups in total. The molecule has 6 nitrogen and oxygen atoms in total. The van der Waals surface area contributed by atoms with Crippen LogP contribution in [0.3, 0.4) is 0 Å². The summed E-state index contributed by atoms with van der Waals surface area (Å²) in [7, 11) is -3.75. The van der Waals surface area contributed by atoms with Gasteiger partial charge in [-0.15, -0.1) is 0 Å². The van der Waals surface area contributed by atoms with Crippen molar-refractivity contribution in [2.24, 2.45) is 0 Å². The second-order valence-electron chi connectivity index (χ2n) is 3.67. The zero-order valence-electron chi connectivity index (χ0n) is 8.94. The first-order chi connectivity index (χ1) is 8.03. The number of nitro benzene ring substituents is 1. The smallest absolute Gasteiger partial charge is 0.258 e. The molecule has 7 heteroatoms. The summed E-state index contributed by atoms with van der Waals surface area (Å²) >= 11 is 0. The van der Waals surface area contributed by atoms with Crippen molar-refractivity contribution < 1.29 is 13.3 Å². The molecule has 1 aliphatic heterocycles. The van der Waals surface area contributed by atoms with Gasteiger partial charge < -0.3 is 0 Å². The zero-order chi connectivity index (χ0) is 12.5. The van der Waals surface area contributed by atoms with Crippen LogP contribution in [0.5, 0.6) is 0 Å². The lowest BCUT2D eigenvalue weighted by atomic mass is 10.3. The van der Waals surface area contributed by atoms with Crippen molar-refractivity contribution >= 4 is 15.7 Å². The third kappa shape index (κ3) is 2.16. The third-order valence-electron chi connectivity index (χ3n) is 2.60. The molecule has 1 aliphatic rings. The molecule has 1 aromatic rings. The molecule has 91 valence electrons. The summed E-state index contributed by atoms with van der Waals surface area (Å²) in [6.07, 6.45) is 2.52. The SMILES string of the molecule is O=[N+]([O-])c1ccccc1S(=O)(=O)N1C[CH]CC1. The fourth-order valence-electron chi connectivity index (χ4n) is 1.75. The van der Waals surface area contributed by atoms with E-state index in [9.17, 15) is 18.5 Å². The lowest BCUT2D eigenvalue weighted by Gasteiger charge is -2.14. The number of sulfonamides is 1. The average molecular weight is 255 g/mol. The lowest BCUT2D eigenvalue weighted by molar-refractivity contribution is -0.387. The van der Waals surface area contributed by atoms with E-state index in [-0.39, 0.29) is 10.6 Å². The Bertz CT molecular complexity index is 535. The first-order valence-electron chi connectivity index (χ1n) is 5.09. The van der Waals surface area contributed by atoms with Crippen LogP contribution in [0.2, 0.25) is 0 Å². The molecular weight excluding hydrogens is 244 g/mol. The molecular formula is C10H11N2O4S. The standard InChI is InChI=1S/C10H11N2O4S/c13-12(14)9-5-1-2-6-10(9)17(15,16)11-7-3-4-8-11/h1-3,5-6H,4,7-8H2. The molecule has 17 heavy (non-hydrogen) atoms. The summed E-state index contributed by atoms with van der Waals surface area (Å²) in [6, 6.07) is 5.41. The summed E-state index contributed by atoms with van der Waals surface area (Å²) in [5.41, 5.74) is -0.376. The maximum atomic E-state index is 12.2. The number of hydrogen-bond acceptors (Lipinski definition) is 4. The van der Waals surface area contributed by atoms with E-state index in [1.807, 2.05) is 6.42 Å². The second-order valence-corrected chi connectivity index (χ2v) is 5.57. The Morgan fingerprint density at radius 3 is 2.59 bits per heavy atom. The summed E-state index contributed by atoms with van der Waals surface area (Å²) in [5, 5.41) is 10.8. The van der Waals surface area contributed by atoms with Crippen molar-refractivity contribution in [2.45, 2.75) is 11.3 Å². The van der Waals surface area contributed by atoms with Crippen LogP contribution in [0.15, 0.2) is 29.2 Å². The number of nitrogens with zero attached hydrogens (tertiary/aromatic N) is 2. The van der Waals surface area contributed by atoms with Gasteiger partial charge in [-0.1, -0.05) is 12.1 Å². The van der Waals surface area contributed by atoms with Gasteiger partial charge in [0, 0.05) is 19.2 Å². The fourth-order valence-corrected chi connectivity index (χ4v) is 3.33. The Hall–Kier alpha value is -1.47. The van der Waals surface area contributed by atoms with E-state index < -0.39 is 14.9 Å². The molecule has 2 rings (SSSR count). The molecule has 0 spiro atoms. The Morgan fingerprint density at radius 1 is 1.29 bits per heavy atom. The predicted octanol–water partition coefficient (Wildman–Crippen LogP) is 1.19. The van der Waals surface area contributed by atoms with Gasteiger partial charge in [-0.05, 0) is 18.9 Å². The number of hydrogen-bond donors (Lipinski definition) is 0. The summed E-state index contributed by atoms with van der Waals surface area (Å²) in [5.74, 6) is 0. The number of nitro groups is 1. The molecule has 0 aliphatic carbocycles. The van der Waals surface area contributed by atoms with Crippen LogP contribution in [0.1, 0.15) is 6.42 Å². The minimum absolute atomic E-state index is 0.236. The quantitative estimate of drug-likeness (QED) is 0.600. The van der Waals surface area contributed by atoms with E-state index in [1.165, 1.54) is 28.6 Å². The highest BCUT2D eigenvalue weighted by Gasteiger charge is 2.32. The van der Waals surface area contributed by atoms with Crippen LogP contribution in [-0.4, -0.2) is 30.7 Å². The summed E-state index contributed by atoms with van der Waals surface area (Å²) < 4.78 is 25.6. The number of benzene rings is 1. The van der Waals surface area contributed by atoms with E-state index >= 15 is 0 Å². The fraction of sp³-hybridized carbons (Fsp3) is 0.300. The second kappa shape index (κ2) is 4.42. The van der Waals surface area contributed by atoms with Crippen LogP contribution >= 0.6 is 0 Å². The van der Waals surface area contributed by atoms with E-state index in [2.05, 4.69) is 0 Å². The van der Waals surface area contributed by atoms with Gasteiger partial charge in [-0.25, -0.2) is 8.42 Å². The van der Waals surface area contributed by atoms with Crippen molar-refractivity contribution in [1.29, 1.82) is 0 Å². The lowest BCUT2D eigenvalue weighted by Crippen LogP contribution is -2.28. The normalized spacial score (nSPS) is 17.2. The molecule has 0 atom stereocenters. The highest BCUT2D eigenvalue weighted by molar-refractivity contribution is 7.89. The van der Waals surface area contributed by atoms with Gasteiger partial charge in [0.05, 0.1) is 4.92 Å². The van der Waals surface area contributed by atoms with Crippen molar-refractivity contribution in [3.8, 4) is 0 Å². The van der Waals surface area contributed by atoms with Crippen molar-refractivity contribution in [2.75, 3.05) is 13.1 Å². The van der Waals surface area contributed by atoms with Gasteiger partial charge in [-0.2, -0.15) is 4.31 Å². The van der Waals surface area contributed by atoms with Gasteiger partial charge >= 0.3 is 0 Å². The molecule has 0 amide bonds. The van der Waals surface area contributed by atoms with Crippen molar-refractivity contribution in [3.05, 3.63) is 40.8 Å². The van der Waals surface area contributed by atoms with Crippen LogP contribution < -0.4 is 0 Å². The molecule has 1 fully saturated rings. The van der Waals surface area contributed by atoms with Crippen molar-refractivity contribution in [3.63, 3.8) is 0 Å². The molecule has 1 aromatic carbocycles. The molecule has 0 saturated carbocycles. The first kappa shape index (κ1) is 12.0. The minimum Gasteiger partial charge on any atom is -0.258 e. The number of rotatable bonds is 3. The van der Waals surface area contributed by atoms with Crippen LogP contribution in [0.4, 0.5) is 5.69 Å². The molecule has 0 unspecified atom stereocenters.